The SMILES string of the molecule is CC(C)=CCN(CCCN)Cc1ccc(-c2c[nH]c(NC(=O)Nc3cc(C)c(F)cc3F)nc2=O)cc1. The highest BCUT2D eigenvalue weighted by Gasteiger charge is 2.13. The molecule has 8 nitrogen and oxygen atoms in total. The Morgan fingerprint density at radius 2 is 1.86 bits per heavy atom. The van der Waals surface area contributed by atoms with E-state index in [1.807, 2.05) is 24.3 Å². The van der Waals surface area contributed by atoms with Gasteiger partial charge in [-0.3, -0.25) is 15.0 Å². The van der Waals surface area contributed by atoms with Gasteiger partial charge in [-0.25, -0.2) is 13.6 Å². The highest BCUT2D eigenvalue weighted by molar-refractivity contribution is 5.98. The third-order valence-electron chi connectivity index (χ3n) is 5.63. The Morgan fingerprint density at radius 3 is 2.51 bits per heavy atom. The summed E-state index contributed by atoms with van der Waals surface area (Å²) in [6.45, 7) is 8.71. The van der Waals surface area contributed by atoms with Crippen molar-refractivity contribution in [1.29, 1.82) is 0 Å². The summed E-state index contributed by atoms with van der Waals surface area (Å²) in [4.78, 5) is 33.8. The Balaban J connectivity index is 1.66. The third kappa shape index (κ3) is 8.06. The number of nitrogens with one attached hydrogen (secondary N) is 3. The summed E-state index contributed by atoms with van der Waals surface area (Å²) in [5.41, 5.74) is 8.49. The molecule has 10 heteroatoms. The smallest absolute Gasteiger partial charge is 0.326 e. The molecule has 37 heavy (non-hydrogen) atoms. The molecule has 2 aromatic carbocycles. The number of nitrogens with two attached hydrogens (primary N) is 1. The van der Waals surface area contributed by atoms with Crippen LogP contribution >= 0.6 is 0 Å². The van der Waals surface area contributed by atoms with Gasteiger partial charge in [0.1, 0.15) is 11.6 Å². The van der Waals surface area contributed by atoms with Gasteiger partial charge < -0.3 is 16.0 Å². The normalized spacial score (nSPS) is 10.9. The largest absolute Gasteiger partial charge is 0.331 e. The Hall–Kier alpha value is -3.89. The van der Waals surface area contributed by atoms with Crippen LogP contribution in [-0.4, -0.2) is 40.5 Å². The number of rotatable bonds is 10. The number of halogens is 2. The van der Waals surface area contributed by atoms with E-state index in [1.54, 1.807) is 0 Å². The molecule has 3 rings (SSSR count). The van der Waals surface area contributed by atoms with Crippen molar-refractivity contribution < 1.29 is 13.6 Å². The molecule has 0 fully saturated rings. The van der Waals surface area contributed by atoms with Crippen LogP contribution in [-0.2, 0) is 6.54 Å². The van der Waals surface area contributed by atoms with Gasteiger partial charge in [-0.15, -0.1) is 0 Å². The number of carbonyl (C=O) groups excluding carboxylic acids is 1. The summed E-state index contributed by atoms with van der Waals surface area (Å²) in [6, 6.07) is 8.65. The molecule has 0 radical (unpaired) electrons. The Labute approximate surface area is 214 Å². The molecular formula is C27H32F2N6O2. The minimum Gasteiger partial charge on any atom is -0.331 e. The first-order chi connectivity index (χ1) is 17.7. The van der Waals surface area contributed by atoms with Crippen LogP contribution < -0.4 is 21.9 Å². The van der Waals surface area contributed by atoms with Gasteiger partial charge in [-0.05, 0) is 56.5 Å². The number of benzene rings is 2. The lowest BCUT2D eigenvalue weighted by Gasteiger charge is -2.21. The number of nitrogens with zero attached hydrogens (tertiary/aromatic N) is 2. The summed E-state index contributed by atoms with van der Waals surface area (Å²) < 4.78 is 27.3. The van der Waals surface area contributed by atoms with Crippen LogP contribution in [0.15, 0.2) is 59.0 Å². The number of carbonyl (C=O) groups is 1. The zero-order valence-electron chi connectivity index (χ0n) is 21.2. The predicted octanol–water partition coefficient (Wildman–Crippen LogP) is 4.78. The predicted molar refractivity (Wildman–Crippen MR) is 142 cm³/mol. The van der Waals surface area contributed by atoms with Crippen LogP contribution in [0.2, 0.25) is 0 Å². The van der Waals surface area contributed by atoms with Crippen molar-refractivity contribution in [3.63, 3.8) is 0 Å². The molecule has 0 aliphatic heterocycles. The summed E-state index contributed by atoms with van der Waals surface area (Å²) in [7, 11) is 0. The molecule has 0 saturated heterocycles. The first kappa shape index (κ1) is 27.7. The number of urea groups is 1. The zero-order chi connectivity index (χ0) is 26.9. The van der Waals surface area contributed by atoms with E-state index in [0.717, 1.165) is 31.6 Å². The fourth-order valence-electron chi connectivity index (χ4n) is 3.59. The number of hydrogen-bond acceptors (Lipinski definition) is 5. The molecule has 0 saturated carbocycles. The lowest BCUT2D eigenvalue weighted by atomic mass is 10.1. The van der Waals surface area contributed by atoms with Crippen molar-refractivity contribution in [2.75, 3.05) is 30.3 Å². The number of hydrogen-bond donors (Lipinski definition) is 4. The van der Waals surface area contributed by atoms with Crippen molar-refractivity contribution >= 4 is 17.7 Å². The molecule has 196 valence electrons. The Morgan fingerprint density at radius 1 is 1.14 bits per heavy atom. The second-order valence-electron chi connectivity index (χ2n) is 8.98. The molecule has 0 bridgehead atoms. The van der Waals surface area contributed by atoms with E-state index >= 15 is 0 Å². The molecule has 0 spiro atoms. The van der Waals surface area contributed by atoms with Gasteiger partial charge in [0.05, 0.1) is 11.3 Å². The van der Waals surface area contributed by atoms with E-state index in [1.165, 1.54) is 24.8 Å². The van der Waals surface area contributed by atoms with Gasteiger partial charge >= 0.3 is 6.03 Å². The first-order valence-electron chi connectivity index (χ1n) is 11.9. The summed E-state index contributed by atoms with van der Waals surface area (Å²) in [6.07, 6.45) is 4.54. The second-order valence-corrected chi connectivity index (χ2v) is 8.98. The van der Waals surface area contributed by atoms with E-state index in [9.17, 15) is 18.4 Å². The van der Waals surface area contributed by atoms with Gasteiger partial charge in [0, 0.05) is 31.9 Å². The lowest BCUT2D eigenvalue weighted by molar-refractivity contribution is 0.262. The van der Waals surface area contributed by atoms with E-state index in [2.05, 4.69) is 45.4 Å². The minimum atomic E-state index is -0.919. The van der Waals surface area contributed by atoms with Crippen LogP contribution in [0.1, 0.15) is 31.4 Å². The number of aromatic amines is 1. The Kier molecular flexibility index (Phi) is 9.64. The van der Waals surface area contributed by atoms with Crippen molar-refractivity contribution in [2.45, 2.75) is 33.7 Å². The highest BCUT2D eigenvalue weighted by atomic mass is 19.1. The summed E-state index contributed by atoms with van der Waals surface area (Å²) in [5, 5.41) is 4.62. The van der Waals surface area contributed by atoms with Crippen LogP contribution in [0, 0.1) is 18.6 Å². The van der Waals surface area contributed by atoms with Crippen LogP contribution in [0.5, 0.6) is 0 Å². The maximum absolute atomic E-state index is 13.9. The first-order valence-corrected chi connectivity index (χ1v) is 11.9. The number of aromatic nitrogens is 2. The quantitative estimate of drug-likeness (QED) is 0.293. The summed E-state index contributed by atoms with van der Waals surface area (Å²) in [5.74, 6) is -1.75. The van der Waals surface area contributed by atoms with Gasteiger partial charge in [0.25, 0.3) is 5.56 Å². The molecule has 2 amide bonds. The molecular weight excluding hydrogens is 478 g/mol. The van der Waals surface area contributed by atoms with Gasteiger partial charge in [-0.2, -0.15) is 4.98 Å². The maximum atomic E-state index is 13.9. The molecule has 0 aliphatic carbocycles. The molecule has 0 aliphatic rings. The van der Waals surface area contributed by atoms with Crippen LogP contribution in [0.4, 0.5) is 25.2 Å². The van der Waals surface area contributed by atoms with Gasteiger partial charge in [-0.1, -0.05) is 35.9 Å². The Bertz CT molecular complexity index is 1320. The molecule has 1 aromatic heterocycles. The average Bonchev–Trinajstić information content (AvgIpc) is 2.85. The summed E-state index contributed by atoms with van der Waals surface area (Å²) >= 11 is 0. The monoisotopic (exact) mass is 510 g/mol. The van der Waals surface area contributed by atoms with E-state index in [-0.39, 0.29) is 17.2 Å². The van der Waals surface area contributed by atoms with E-state index in [0.29, 0.717) is 23.7 Å². The van der Waals surface area contributed by atoms with Crippen molar-refractivity contribution in [2.24, 2.45) is 5.73 Å². The van der Waals surface area contributed by atoms with Crippen molar-refractivity contribution in [3.8, 4) is 11.1 Å². The number of allylic oxidation sites excluding steroid dienone is 1. The number of anilines is 2. The highest BCUT2D eigenvalue weighted by Crippen LogP contribution is 2.20. The molecule has 3 aromatic rings. The van der Waals surface area contributed by atoms with Crippen molar-refractivity contribution in [3.05, 3.63) is 87.4 Å². The van der Waals surface area contributed by atoms with Gasteiger partial charge in [0.2, 0.25) is 5.95 Å². The van der Waals surface area contributed by atoms with E-state index in [4.69, 9.17) is 5.73 Å². The molecule has 1 heterocycles. The average molecular weight is 511 g/mol. The number of amides is 2. The fourth-order valence-corrected chi connectivity index (χ4v) is 3.59. The molecule has 0 atom stereocenters. The minimum absolute atomic E-state index is 0.114. The van der Waals surface area contributed by atoms with Gasteiger partial charge in [0.15, 0.2) is 0 Å². The fraction of sp³-hybridized carbons (Fsp3) is 0.296. The standard InChI is InChI=1S/C27H32F2N6O2/c1-17(2)9-12-35(11-4-10-30)16-19-5-7-20(8-6-19)21-15-31-26(33-25(21)36)34-27(37)32-24-13-18(3)22(28)14-23(24)29/h5-9,13-15H,4,10-12,16,30H2,1-3H3,(H3,31,32,33,34,36,37). The molecule has 5 N–H and O–H groups in total. The zero-order valence-corrected chi connectivity index (χ0v) is 21.2. The second kappa shape index (κ2) is 12.9. The van der Waals surface area contributed by atoms with E-state index < -0.39 is 23.2 Å². The third-order valence-corrected chi connectivity index (χ3v) is 5.63. The lowest BCUT2D eigenvalue weighted by Crippen LogP contribution is -2.26. The molecule has 0 unspecified atom stereocenters. The number of H-pyrrole nitrogens is 1. The van der Waals surface area contributed by atoms with Crippen LogP contribution in [0.3, 0.4) is 0 Å². The van der Waals surface area contributed by atoms with Crippen LogP contribution in [0.25, 0.3) is 11.1 Å². The van der Waals surface area contributed by atoms with Crippen molar-refractivity contribution in [1.82, 2.24) is 14.9 Å². The maximum Gasteiger partial charge on any atom is 0.326 e. The number of aryl methyl sites for hydroxylation is 1. The topological polar surface area (TPSA) is 116 Å².